The predicted molar refractivity (Wildman–Crippen MR) is 103 cm³/mol. The highest BCUT2D eigenvalue weighted by atomic mass is 16.2. The van der Waals surface area contributed by atoms with Crippen LogP contribution in [0.4, 0.5) is 0 Å². The fourth-order valence-corrected chi connectivity index (χ4v) is 3.60. The van der Waals surface area contributed by atoms with E-state index < -0.39 is 0 Å². The van der Waals surface area contributed by atoms with E-state index in [0.29, 0.717) is 11.5 Å². The third-order valence-corrected chi connectivity index (χ3v) is 5.30. The van der Waals surface area contributed by atoms with Crippen LogP contribution in [0.1, 0.15) is 34.6 Å². The summed E-state index contributed by atoms with van der Waals surface area (Å²) in [6, 6.07) is 0. The molecule has 0 saturated carbocycles. The van der Waals surface area contributed by atoms with E-state index in [0.717, 1.165) is 55.3 Å². The number of aryl methyl sites for hydroxylation is 2. The minimum absolute atomic E-state index is 0.0239. The fourth-order valence-electron chi connectivity index (χ4n) is 3.60. The standard InChI is InChI=1S/C20H23N7O/c1-14-17(11-21-13-25-14)20(28)27-6-3-15(4-7-27)9-16-10-24-18(12-23-16)19-22-5-8-26(19)2/h5,8,10-13,15H,3-4,6-7,9H2,1-2H3. The number of carbonyl (C=O) groups excluding carboxylic acids is 1. The number of nitrogens with zero attached hydrogens (tertiary/aromatic N) is 7. The number of amides is 1. The zero-order valence-electron chi connectivity index (χ0n) is 16.1. The van der Waals surface area contributed by atoms with Crippen LogP contribution in [0, 0.1) is 12.8 Å². The smallest absolute Gasteiger partial charge is 0.257 e. The van der Waals surface area contributed by atoms with E-state index >= 15 is 0 Å². The average molecular weight is 377 g/mol. The molecule has 3 aromatic rings. The first-order valence-corrected chi connectivity index (χ1v) is 9.46. The Hall–Kier alpha value is -3.16. The minimum atomic E-state index is 0.0239. The maximum absolute atomic E-state index is 12.7. The zero-order valence-corrected chi connectivity index (χ0v) is 16.1. The van der Waals surface area contributed by atoms with Crippen molar-refractivity contribution in [1.82, 2.24) is 34.4 Å². The first kappa shape index (κ1) is 18.2. The van der Waals surface area contributed by atoms with E-state index in [-0.39, 0.29) is 5.91 Å². The largest absolute Gasteiger partial charge is 0.339 e. The molecule has 0 bridgehead atoms. The first-order chi connectivity index (χ1) is 13.6. The van der Waals surface area contributed by atoms with E-state index in [1.807, 2.05) is 35.8 Å². The summed E-state index contributed by atoms with van der Waals surface area (Å²) in [4.78, 5) is 36.1. The van der Waals surface area contributed by atoms with Gasteiger partial charge in [-0.1, -0.05) is 0 Å². The van der Waals surface area contributed by atoms with Crippen LogP contribution in [0.15, 0.2) is 37.3 Å². The molecule has 1 aliphatic rings. The summed E-state index contributed by atoms with van der Waals surface area (Å²) in [6.07, 6.45) is 13.1. The van der Waals surface area contributed by atoms with Gasteiger partial charge in [-0.15, -0.1) is 0 Å². The van der Waals surface area contributed by atoms with Gasteiger partial charge in [0.1, 0.15) is 12.0 Å². The number of imidazole rings is 1. The lowest BCUT2D eigenvalue weighted by Crippen LogP contribution is -2.39. The number of rotatable bonds is 4. The molecule has 3 aromatic heterocycles. The first-order valence-electron chi connectivity index (χ1n) is 9.46. The molecule has 1 aliphatic heterocycles. The molecule has 0 aliphatic carbocycles. The second-order valence-electron chi connectivity index (χ2n) is 7.22. The number of hydrogen-bond acceptors (Lipinski definition) is 6. The van der Waals surface area contributed by atoms with Crippen molar-refractivity contribution >= 4 is 5.91 Å². The third kappa shape index (κ3) is 3.76. The van der Waals surface area contributed by atoms with E-state index in [9.17, 15) is 4.79 Å². The molecule has 8 nitrogen and oxygen atoms in total. The van der Waals surface area contributed by atoms with Crippen LogP contribution in [0.2, 0.25) is 0 Å². The number of hydrogen-bond donors (Lipinski definition) is 0. The van der Waals surface area contributed by atoms with Crippen molar-refractivity contribution in [2.24, 2.45) is 13.0 Å². The molecule has 0 spiro atoms. The van der Waals surface area contributed by atoms with Crippen LogP contribution in [0.5, 0.6) is 0 Å². The molecule has 0 N–H and O–H groups in total. The van der Waals surface area contributed by atoms with Crippen molar-refractivity contribution < 1.29 is 4.79 Å². The monoisotopic (exact) mass is 377 g/mol. The average Bonchev–Trinajstić information content (AvgIpc) is 3.15. The Bertz CT molecular complexity index is 959. The molecule has 144 valence electrons. The van der Waals surface area contributed by atoms with Crippen molar-refractivity contribution in [2.75, 3.05) is 13.1 Å². The maximum atomic E-state index is 12.7. The Morgan fingerprint density at radius 2 is 1.93 bits per heavy atom. The molecule has 1 fully saturated rings. The van der Waals surface area contributed by atoms with Gasteiger partial charge in [0.15, 0.2) is 5.82 Å². The molecule has 4 rings (SSSR count). The lowest BCUT2D eigenvalue weighted by Gasteiger charge is -2.32. The van der Waals surface area contributed by atoms with E-state index in [1.54, 1.807) is 18.6 Å². The molecule has 0 atom stereocenters. The molecule has 0 unspecified atom stereocenters. The Morgan fingerprint density at radius 1 is 1.11 bits per heavy atom. The van der Waals surface area contributed by atoms with Crippen molar-refractivity contribution in [3.8, 4) is 11.5 Å². The predicted octanol–water partition coefficient (Wildman–Crippen LogP) is 2.07. The SMILES string of the molecule is Cc1ncncc1C(=O)N1CCC(Cc2cnc(-c3nccn3C)cn2)CC1. The zero-order chi connectivity index (χ0) is 19.5. The summed E-state index contributed by atoms with van der Waals surface area (Å²) in [7, 11) is 1.94. The highest BCUT2D eigenvalue weighted by molar-refractivity contribution is 5.94. The summed E-state index contributed by atoms with van der Waals surface area (Å²) in [5.41, 5.74) is 3.08. The number of piperidine rings is 1. The topological polar surface area (TPSA) is 89.7 Å². The summed E-state index contributed by atoms with van der Waals surface area (Å²) in [5, 5.41) is 0. The van der Waals surface area contributed by atoms with Gasteiger partial charge in [-0.05, 0) is 32.1 Å². The van der Waals surface area contributed by atoms with Crippen LogP contribution < -0.4 is 0 Å². The Balaban J connectivity index is 1.34. The van der Waals surface area contributed by atoms with Gasteiger partial charge < -0.3 is 9.47 Å². The normalized spacial score (nSPS) is 15.0. The van der Waals surface area contributed by atoms with Crippen LogP contribution in [0.3, 0.4) is 0 Å². The van der Waals surface area contributed by atoms with Crippen LogP contribution in [0.25, 0.3) is 11.5 Å². The maximum Gasteiger partial charge on any atom is 0.257 e. The van der Waals surface area contributed by atoms with E-state index in [1.165, 1.54) is 6.33 Å². The van der Waals surface area contributed by atoms with Crippen molar-refractivity contribution in [3.63, 3.8) is 0 Å². The van der Waals surface area contributed by atoms with Crippen molar-refractivity contribution in [3.05, 3.63) is 54.3 Å². The third-order valence-electron chi connectivity index (χ3n) is 5.30. The van der Waals surface area contributed by atoms with Crippen molar-refractivity contribution in [2.45, 2.75) is 26.2 Å². The quantitative estimate of drug-likeness (QED) is 0.691. The lowest BCUT2D eigenvalue weighted by atomic mass is 9.92. The Labute approximate surface area is 163 Å². The molecular formula is C20H23N7O. The molecule has 1 saturated heterocycles. The van der Waals surface area contributed by atoms with Gasteiger partial charge >= 0.3 is 0 Å². The summed E-state index contributed by atoms with van der Waals surface area (Å²) < 4.78 is 1.93. The minimum Gasteiger partial charge on any atom is -0.339 e. The molecular weight excluding hydrogens is 354 g/mol. The van der Waals surface area contributed by atoms with Gasteiger partial charge in [-0.2, -0.15) is 0 Å². The molecule has 0 radical (unpaired) electrons. The second kappa shape index (κ2) is 7.84. The summed E-state index contributed by atoms with van der Waals surface area (Å²) >= 11 is 0. The van der Waals surface area contributed by atoms with E-state index in [4.69, 9.17) is 0 Å². The van der Waals surface area contributed by atoms with Gasteiger partial charge in [0.2, 0.25) is 0 Å². The molecule has 0 aromatic carbocycles. The second-order valence-corrected chi connectivity index (χ2v) is 7.22. The van der Waals surface area contributed by atoms with Crippen LogP contribution in [-0.2, 0) is 13.5 Å². The Kier molecular flexibility index (Phi) is 5.10. The van der Waals surface area contributed by atoms with Crippen LogP contribution in [-0.4, -0.2) is 53.4 Å². The van der Waals surface area contributed by atoms with Gasteiger partial charge in [0.25, 0.3) is 5.91 Å². The van der Waals surface area contributed by atoms with Crippen molar-refractivity contribution in [1.29, 1.82) is 0 Å². The van der Waals surface area contributed by atoms with Gasteiger partial charge in [-0.3, -0.25) is 9.78 Å². The molecule has 1 amide bonds. The summed E-state index contributed by atoms with van der Waals surface area (Å²) in [6.45, 7) is 3.34. The number of likely N-dealkylation sites (tertiary alicyclic amines) is 1. The van der Waals surface area contributed by atoms with Gasteiger partial charge in [0.05, 0.1) is 23.1 Å². The van der Waals surface area contributed by atoms with E-state index in [2.05, 4.69) is 24.9 Å². The lowest BCUT2D eigenvalue weighted by molar-refractivity contribution is 0.0688. The highest BCUT2D eigenvalue weighted by Crippen LogP contribution is 2.23. The molecule has 28 heavy (non-hydrogen) atoms. The highest BCUT2D eigenvalue weighted by Gasteiger charge is 2.25. The summed E-state index contributed by atoms with van der Waals surface area (Å²) in [5.74, 6) is 1.34. The molecule has 4 heterocycles. The van der Waals surface area contributed by atoms with Gasteiger partial charge in [0, 0.05) is 44.9 Å². The van der Waals surface area contributed by atoms with Gasteiger partial charge in [-0.25, -0.2) is 19.9 Å². The fraction of sp³-hybridized carbons (Fsp3) is 0.400. The number of carbonyl (C=O) groups is 1. The molecule has 8 heteroatoms. The number of aromatic nitrogens is 6. The van der Waals surface area contributed by atoms with Crippen LogP contribution >= 0.6 is 0 Å². The Morgan fingerprint density at radius 3 is 2.57 bits per heavy atom.